The van der Waals surface area contributed by atoms with Crippen molar-refractivity contribution in [2.24, 2.45) is 11.5 Å². The molecule has 0 saturated heterocycles. The zero-order valence-electron chi connectivity index (χ0n) is 12.7. The van der Waals surface area contributed by atoms with E-state index in [9.17, 15) is 0 Å². The lowest BCUT2D eigenvalue weighted by atomic mass is 10.1. The predicted octanol–water partition coefficient (Wildman–Crippen LogP) is 2.88. The molecule has 1 rings (SSSR count). The fourth-order valence-electron chi connectivity index (χ4n) is 1.85. The number of anilines is 2. The summed E-state index contributed by atoms with van der Waals surface area (Å²) in [6.07, 6.45) is 10.5. The molecule has 116 valence electrons. The zero-order valence-corrected chi connectivity index (χ0v) is 12.7. The van der Waals surface area contributed by atoms with Crippen molar-refractivity contribution in [3.63, 3.8) is 0 Å². The second-order valence-electron chi connectivity index (χ2n) is 5.07. The summed E-state index contributed by atoms with van der Waals surface area (Å²) >= 11 is 0. The van der Waals surface area contributed by atoms with Crippen molar-refractivity contribution in [1.82, 2.24) is 0 Å². The maximum Gasteiger partial charge on any atom is 0.0315 e. The van der Waals surface area contributed by atoms with Gasteiger partial charge in [-0.3, -0.25) is 0 Å². The van der Waals surface area contributed by atoms with Gasteiger partial charge in [0.05, 0.1) is 0 Å². The molecule has 0 aromatic heterocycles. The van der Waals surface area contributed by atoms with Gasteiger partial charge in [0.25, 0.3) is 0 Å². The standard InChI is InChI=1S/C10H24N2.C6H8N2/c11-9-7-5-3-1-2-4-6-8-10-12;7-5-1-2-6(8)4-3-5/h1-12H2;1-4H,7-8H2. The lowest BCUT2D eigenvalue weighted by Crippen LogP contribution is -1.98. The molecular weight excluding hydrogens is 248 g/mol. The van der Waals surface area contributed by atoms with Crippen LogP contribution in [0.25, 0.3) is 0 Å². The van der Waals surface area contributed by atoms with Crippen LogP contribution in [0.3, 0.4) is 0 Å². The van der Waals surface area contributed by atoms with Crippen molar-refractivity contribution in [2.45, 2.75) is 51.4 Å². The Morgan fingerprint density at radius 1 is 0.500 bits per heavy atom. The molecule has 0 saturated carbocycles. The molecule has 0 aliphatic carbocycles. The Kier molecular flexibility index (Phi) is 13.3. The Hall–Kier alpha value is -1.26. The van der Waals surface area contributed by atoms with Gasteiger partial charge in [-0.15, -0.1) is 0 Å². The van der Waals surface area contributed by atoms with Crippen LogP contribution >= 0.6 is 0 Å². The molecule has 0 heterocycles. The van der Waals surface area contributed by atoms with Crippen molar-refractivity contribution in [3.05, 3.63) is 24.3 Å². The Labute approximate surface area is 123 Å². The summed E-state index contributed by atoms with van der Waals surface area (Å²) < 4.78 is 0. The van der Waals surface area contributed by atoms with Crippen LogP contribution in [-0.2, 0) is 0 Å². The number of benzene rings is 1. The normalized spacial score (nSPS) is 9.90. The van der Waals surface area contributed by atoms with Gasteiger partial charge in [0.15, 0.2) is 0 Å². The highest BCUT2D eigenvalue weighted by Crippen LogP contribution is 2.07. The molecule has 4 heteroatoms. The Morgan fingerprint density at radius 2 is 0.750 bits per heavy atom. The van der Waals surface area contributed by atoms with E-state index in [4.69, 9.17) is 22.9 Å². The fraction of sp³-hybridized carbons (Fsp3) is 0.625. The molecular formula is C16H32N4. The van der Waals surface area contributed by atoms with E-state index < -0.39 is 0 Å². The van der Waals surface area contributed by atoms with Crippen molar-refractivity contribution < 1.29 is 0 Å². The first-order valence-electron chi connectivity index (χ1n) is 7.72. The number of nitrogen functional groups attached to an aromatic ring is 2. The van der Waals surface area contributed by atoms with E-state index in [2.05, 4.69) is 0 Å². The minimum Gasteiger partial charge on any atom is -0.399 e. The SMILES string of the molecule is NCCCCCCCCCCN.Nc1ccc(N)cc1. The number of nitrogens with two attached hydrogens (primary N) is 4. The Morgan fingerprint density at radius 3 is 1.00 bits per heavy atom. The molecule has 0 unspecified atom stereocenters. The first kappa shape index (κ1) is 18.7. The Bertz CT molecular complexity index is 267. The van der Waals surface area contributed by atoms with Crippen LogP contribution in [0.1, 0.15) is 51.4 Å². The third-order valence-electron chi connectivity index (χ3n) is 3.09. The lowest BCUT2D eigenvalue weighted by molar-refractivity contribution is 0.572. The predicted molar refractivity (Wildman–Crippen MR) is 90.3 cm³/mol. The van der Waals surface area contributed by atoms with Crippen LogP contribution in [0.5, 0.6) is 0 Å². The summed E-state index contributed by atoms with van der Waals surface area (Å²) in [6.45, 7) is 1.71. The van der Waals surface area contributed by atoms with Crippen molar-refractivity contribution in [2.75, 3.05) is 24.6 Å². The van der Waals surface area contributed by atoms with Gasteiger partial charge in [0.2, 0.25) is 0 Å². The van der Waals surface area contributed by atoms with Crippen LogP contribution in [0, 0.1) is 0 Å². The third-order valence-corrected chi connectivity index (χ3v) is 3.09. The van der Waals surface area contributed by atoms with Crippen molar-refractivity contribution in [3.8, 4) is 0 Å². The number of rotatable bonds is 9. The van der Waals surface area contributed by atoms with Crippen molar-refractivity contribution in [1.29, 1.82) is 0 Å². The van der Waals surface area contributed by atoms with Gasteiger partial charge in [-0.05, 0) is 50.2 Å². The van der Waals surface area contributed by atoms with Crippen molar-refractivity contribution >= 4 is 11.4 Å². The summed E-state index contributed by atoms with van der Waals surface area (Å²) in [7, 11) is 0. The van der Waals surface area contributed by atoms with Crippen LogP contribution < -0.4 is 22.9 Å². The quantitative estimate of drug-likeness (QED) is 0.412. The van der Waals surface area contributed by atoms with Gasteiger partial charge >= 0.3 is 0 Å². The smallest absolute Gasteiger partial charge is 0.0315 e. The molecule has 0 amide bonds. The lowest BCUT2D eigenvalue weighted by Gasteiger charge is -2.00. The highest BCUT2D eigenvalue weighted by Gasteiger charge is 1.90. The topological polar surface area (TPSA) is 104 Å². The molecule has 0 spiro atoms. The molecule has 0 radical (unpaired) electrons. The van der Waals surface area contributed by atoms with E-state index in [1.807, 2.05) is 0 Å². The molecule has 0 atom stereocenters. The van der Waals surface area contributed by atoms with Gasteiger partial charge in [0.1, 0.15) is 0 Å². The summed E-state index contributed by atoms with van der Waals surface area (Å²) in [6, 6.07) is 7.09. The van der Waals surface area contributed by atoms with Crippen LogP contribution in [0.2, 0.25) is 0 Å². The van der Waals surface area contributed by atoms with Gasteiger partial charge in [-0.1, -0.05) is 38.5 Å². The average molecular weight is 280 g/mol. The van der Waals surface area contributed by atoms with Crippen LogP contribution in [-0.4, -0.2) is 13.1 Å². The van der Waals surface area contributed by atoms with Crippen LogP contribution in [0.15, 0.2) is 24.3 Å². The van der Waals surface area contributed by atoms with Crippen LogP contribution in [0.4, 0.5) is 11.4 Å². The Balaban J connectivity index is 0.000000388. The minimum atomic E-state index is 0.749. The molecule has 0 fully saturated rings. The summed E-state index contributed by atoms with van der Waals surface area (Å²) in [4.78, 5) is 0. The number of hydrogen-bond donors (Lipinski definition) is 4. The highest BCUT2D eigenvalue weighted by molar-refractivity contribution is 5.47. The average Bonchev–Trinajstić information content (AvgIpc) is 2.46. The molecule has 8 N–H and O–H groups in total. The molecule has 0 aliphatic rings. The molecule has 1 aromatic rings. The van der Waals surface area contributed by atoms with Gasteiger partial charge < -0.3 is 22.9 Å². The molecule has 1 aromatic carbocycles. The number of hydrogen-bond acceptors (Lipinski definition) is 4. The van der Waals surface area contributed by atoms with E-state index in [1.165, 1.54) is 51.4 Å². The molecule has 20 heavy (non-hydrogen) atoms. The summed E-state index contributed by atoms with van der Waals surface area (Å²) in [5.41, 5.74) is 23.0. The fourth-order valence-corrected chi connectivity index (χ4v) is 1.85. The summed E-state index contributed by atoms with van der Waals surface area (Å²) in [5.74, 6) is 0. The van der Waals surface area contributed by atoms with E-state index >= 15 is 0 Å². The van der Waals surface area contributed by atoms with E-state index in [-0.39, 0.29) is 0 Å². The molecule has 0 aliphatic heterocycles. The minimum absolute atomic E-state index is 0.749. The first-order valence-corrected chi connectivity index (χ1v) is 7.72. The van der Waals surface area contributed by atoms with Gasteiger partial charge in [-0.2, -0.15) is 0 Å². The maximum atomic E-state index is 5.40. The zero-order chi connectivity index (χ0) is 15.1. The summed E-state index contributed by atoms with van der Waals surface area (Å²) in [5, 5.41) is 0. The van der Waals surface area contributed by atoms with E-state index in [0.717, 1.165) is 24.5 Å². The van der Waals surface area contributed by atoms with Gasteiger partial charge in [0, 0.05) is 11.4 Å². The monoisotopic (exact) mass is 280 g/mol. The second-order valence-corrected chi connectivity index (χ2v) is 5.07. The second kappa shape index (κ2) is 14.2. The third kappa shape index (κ3) is 13.2. The highest BCUT2D eigenvalue weighted by atomic mass is 14.6. The van der Waals surface area contributed by atoms with Gasteiger partial charge in [-0.25, -0.2) is 0 Å². The molecule has 0 bridgehead atoms. The largest absolute Gasteiger partial charge is 0.399 e. The first-order chi connectivity index (χ1) is 9.70. The maximum absolute atomic E-state index is 5.40. The number of unbranched alkanes of at least 4 members (excludes halogenated alkanes) is 7. The van der Waals surface area contributed by atoms with E-state index in [1.54, 1.807) is 24.3 Å². The van der Waals surface area contributed by atoms with E-state index in [0.29, 0.717) is 0 Å². The molecule has 4 nitrogen and oxygen atoms in total.